The molecule has 2 aliphatic heterocycles. The van der Waals surface area contributed by atoms with Crippen LogP contribution in [0.1, 0.15) is 33.2 Å². The molecule has 4 aromatic rings. The summed E-state index contributed by atoms with van der Waals surface area (Å²) in [6.45, 7) is 1.84. The fourth-order valence-electron chi connectivity index (χ4n) is 5.38. The normalized spacial score (nSPS) is 19.6. The molecule has 0 saturated carbocycles. The molecule has 10 nitrogen and oxygen atoms in total. The number of nitrogens with zero attached hydrogens (tertiary/aromatic N) is 3. The fourth-order valence-corrected chi connectivity index (χ4v) is 5.38. The molecule has 0 unspecified atom stereocenters. The van der Waals surface area contributed by atoms with Gasteiger partial charge in [-0.25, -0.2) is 14.9 Å². The van der Waals surface area contributed by atoms with Gasteiger partial charge in [-0.1, -0.05) is 48.5 Å². The van der Waals surface area contributed by atoms with Gasteiger partial charge in [0.25, 0.3) is 11.8 Å². The number of hydrogen-bond acceptors (Lipinski definition) is 7. The number of amides is 3. The third-order valence-corrected chi connectivity index (χ3v) is 7.32. The van der Waals surface area contributed by atoms with Crippen molar-refractivity contribution >= 4 is 40.9 Å². The molecule has 3 atom stereocenters. The highest BCUT2D eigenvalue weighted by Gasteiger charge is 2.60. The van der Waals surface area contributed by atoms with Crippen molar-refractivity contribution in [2.75, 3.05) is 15.3 Å². The molecule has 10 heteroatoms. The number of aromatic nitrogens is 1. The first-order chi connectivity index (χ1) is 20.3. The van der Waals surface area contributed by atoms with Crippen molar-refractivity contribution in [3.05, 3.63) is 119 Å². The van der Waals surface area contributed by atoms with E-state index in [4.69, 9.17) is 9.94 Å². The summed E-state index contributed by atoms with van der Waals surface area (Å²) in [5, 5.41) is 13.4. The lowest BCUT2D eigenvalue weighted by atomic mass is 9.90. The topological polar surface area (TPSA) is 129 Å². The molecule has 42 heavy (non-hydrogen) atoms. The largest absolute Gasteiger partial charge is 0.481 e. The van der Waals surface area contributed by atoms with E-state index in [1.165, 1.54) is 0 Å². The van der Waals surface area contributed by atoms with E-state index >= 15 is 0 Å². The number of carbonyl (C=O) groups excluding carboxylic acids is 3. The maximum Gasteiger partial charge on any atom is 0.307 e. The van der Waals surface area contributed by atoms with Crippen molar-refractivity contribution in [2.24, 2.45) is 5.92 Å². The number of imide groups is 1. The number of hydrogen-bond donors (Lipinski definition) is 2. The predicted octanol–water partition coefficient (Wildman–Crippen LogP) is 4.32. The van der Waals surface area contributed by atoms with Gasteiger partial charge in [0.2, 0.25) is 5.91 Å². The van der Waals surface area contributed by atoms with Crippen LogP contribution in [0.5, 0.6) is 0 Å². The first-order valence-corrected chi connectivity index (χ1v) is 13.3. The monoisotopic (exact) mass is 562 g/mol. The van der Waals surface area contributed by atoms with Crippen LogP contribution < -0.4 is 15.3 Å². The summed E-state index contributed by atoms with van der Waals surface area (Å²) in [5.41, 5.74) is 3.45. The number of rotatable bonds is 7. The number of carbonyl (C=O) groups is 4. The van der Waals surface area contributed by atoms with Crippen LogP contribution in [0.3, 0.4) is 0 Å². The van der Waals surface area contributed by atoms with E-state index in [0.717, 1.165) is 10.6 Å². The molecule has 2 N–H and O–H groups in total. The Kier molecular flexibility index (Phi) is 6.97. The minimum atomic E-state index is -1.06. The van der Waals surface area contributed by atoms with Crippen LogP contribution in [0.2, 0.25) is 0 Å². The zero-order chi connectivity index (χ0) is 29.4. The number of carboxylic acid groups (broad SMARTS) is 1. The average Bonchev–Trinajstić information content (AvgIpc) is 3.49. The molecule has 2 fully saturated rings. The molecule has 210 valence electrons. The highest BCUT2D eigenvalue weighted by molar-refractivity contribution is 6.24. The lowest BCUT2D eigenvalue weighted by Crippen LogP contribution is -2.37. The zero-order valence-corrected chi connectivity index (χ0v) is 22.5. The van der Waals surface area contributed by atoms with E-state index in [1.807, 2.05) is 49.4 Å². The minimum absolute atomic E-state index is 0.167. The van der Waals surface area contributed by atoms with Gasteiger partial charge in [0.1, 0.15) is 11.7 Å². The summed E-state index contributed by atoms with van der Waals surface area (Å²) in [5.74, 6) is -2.64. The standard InChI is InChI=1S/C32H26N4O6/c1-19-6-5-9-25(33-19)34-30(39)22-14-12-21(13-15-22)28-27-29(42-36(28)24-7-3-2-4-8-24)32(41)35(31(27)40)23-16-10-20(11-17-23)18-26(37)38/h2-17,27-29H,18H2,1H3,(H,37,38)(H,33,34,39)/t27-,28+,29+/m0/s1. The van der Waals surface area contributed by atoms with Gasteiger partial charge in [0.15, 0.2) is 6.10 Å². The highest BCUT2D eigenvalue weighted by Crippen LogP contribution is 2.47. The van der Waals surface area contributed by atoms with Crippen molar-refractivity contribution in [1.82, 2.24) is 4.98 Å². The minimum Gasteiger partial charge on any atom is -0.481 e. The van der Waals surface area contributed by atoms with Gasteiger partial charge in [-0.3, -0.25) is 24.0 Å². The lowest BCUT2D eigenvalue weighted by molar-refractivity contribution is -0.136. The van der Waals surface area contributed by atoms with Crippen LogP contribution in [0, 0.1) is 12.8 Å². The lowest BCUT2D eigenvalue weighted by Gasteiger charge is -2.29. The number of aliphatic carboxylic acids is 1. The SMILES string of the molecule is Cc1cccc(NC(=O)c2ccc([C@@H]3[C@@H]4C(=O)N(c5ccc(CC(=O)O)cc5)C(=O)[C@@H]4ON3c3ccccc3)cc2)n1. The molecule has 2 saturated heterocycles. The third kappa shape index (κ3) is 4.99. The smallest absolute Gasteiger partial charge is 0.307 e. The first-order valence-electron chi connectivity index (χ1n) is 13.3. The van der Waals surface area contributed by atoms with Gasteiger partial charge in [-0.15, -0.1) is 0 Å². The van der Waals surface area contributed by atoms with Gasteiger partial charge in [0, 0.05) is 11.3 Å². The summed E-state index contributed by atoms with van der Waals surface area (Å²) in [4.78, 5) is 62.9. The Hall–Kier alpha value is -5.35. The molecule has 1 aromatic heterocycles. The molecule has 0 aliphatic carbocycles. The summed E-state index contributed by atoms with van der Waals surface area (Å²) in [6, 6.07) is 27.0. The van der Waals surface area contributed by atoms with Crippen molar-refractivity contribution in [2.45, 2.75) is 25.5 Å². The molecule has 0 spiro atoms. The van der Waals surface area contributed by atoms with Crippen LogP contribution in [0.15, 0.2) is 97.1 Å². The van der Waals surface area contributed by atoms with Crippen molar-refractivity contribution in [3.63, 3.8) is 0 Å². The van der Waals surface area contributed by atoms with Gasteiger partial charge >= 0.3 is 5.97 Å². The van der Waals surface area contributed by atoms with Gasteiger partial charge in [-0.05, 0) is 66.6 Å². The van der Waals surface area contributed by atoms with Gasteiger partial charge in [0.05, 0.1) is 23.8 Å². The number of anilines is 3. The quantitative estimate of drug-likeness (QED) is 0.319. The Morgan fingerprint density at radius 3 is 2.24 bits per heavy atom. The van der Waals surface area contributed by atoms with Crippen molar-refractivity contribution in [3.8, 4) is 0 Å². The van der Waals surface area contributed by atoms with E-state index in [2.05, 4.69) is 10.3 Å². The van der Waals surface area contributed by atoms with E-state index in [-0.39, 0.29) is 12.3 Å². The second kappa shape index (κ2) is 10.9. The second-order valence-electron chi connectivity index (χ2n) is 10.1. The molecule has 6 rings (SSSR count). The van der Waals surface area contributed by atoms with Gasteiger partial charge < -0.3 is 10.4 Å². The Balaban J connectivity index is 1.30. The number of pyridine rings is 1. The number of benzene rings is 3. The summed E-state index contributed by atoms with van der Waals surface area (Å²) >= 11 is 0. The number of carboxylic acids is 1. The molecule has 3 heterocycles. The number of aryl methyl sites for hydroxylation is 1. The van der Waals surface area contributed by atoms with Gasteiger partial charge in [-0.2, -0.15) is 0 Å². The molecule has 3 amide bonds. The van der Waals surface area contributed by atoms with Crippen molar-refractivity contribution < 1.29 is 29.1 Å². The molecule has 2 aliphatic rings. The number of fused-ring (bicyclic) bond motifs is 1. The van der Waals surface area contributed by atoms with E-state index in [9.17, 15) is 19.2 Å². The van der Waals surface area contributed by atoms with Crippen molar-refractivity contribution in [1.29, 1.82) is 0 Å². The summed E-state index contributed by atoms with van der Waals surface area (Å²) in [6.07, 6.45) is -1.23. The Labute approximate surface area is 241 Å². The first kappa shape index (κ1) is 26.9. The summed E-state index contributed by atoms with van der Waals surface area (Å²) < 4.78 is 0. The van der Waals surface area contributed by atoms with Crippen LogP contribution in [-0.4, -0.2) is 39.9 Å². The fraction of sp³-hybridized carbons (Fsp3) is 0.156. The summed E-state index contributed by atoms with van der Waals surface area (Å²) in [7, 11) is 0. The molecular formula is C32H26N4O6. The van der Waals surface area contributed by atoms with Crippen LogP contribution in [-0.2, 0) is 25.6 Å². The molecule has 0 radical (unpaired) electrons. The number of nitrogens with one attached hydrogen (secondary N) is 1. The molecular weight excluding hydrogens is 536 g/mol. The number of hydroxylamine groups is 1. The van der Waals surface area contributed by atoms with Crippen LogP contribution in [0.25, 0.3) is 0 Å². The van der Waals surface area contributed by atoms with Crippen LogP contribution in [0.4, 0.5) is 17.2 Å². The average molecular weight is 563 g/mol. The molecule has 3 aromatic carbocycles. The number of para-hydroxylation sites is 1. The highest BCUT2D eigenvalue weighted by atomic mass is 16.7. The Morgan fingerprint density at radius 2 is 1.57 bits per heavy atom. The van der Waals surface area contributed by atoms with Crippen LogP contribution >= 0.6 is 0 Å². The molecule has 0 bridgehead atoms. The maximum absolute atomic E-state index is 13.9. The second-order valence-corrected chi connectivity index (χ2v) is 10.1. The Morgan fingerprint density at radius 1 is 0.857 bits per heavy atom. The van der Waals surface area contributed by atoms with E-state index in [0.29, 0.717) is 33.9 Å². The predicted molar refractivity (Wildman–Crippen MR) is 154 cm³/mol. The Bertz CT molecular complexity index is 1670. The van der Waals surface area contributed by atoms with E-state index in [1.54, 1.807) is 59.7 Å². The zero-order valence-electron chi connectivity index (χ0n) is 22.5. The van der Waals surface area contributed by atoms with E-state index < -0.39 is 35.8 Å². The third-order valence-electron chi connectivity index (χ3n) is 7.32. The maximum atomic E-state index is 13.9.